The topological polar surface area (TPSA) is 54.9 Å². The maximum Gasteiger partial charge on any atom is 0.191 e. The summed E-state index contributed by atoms with van der Waals surface area (Å²) in [7, 11) is 0. The van der Waals surface area contributed by atoms with Crippen LogP contribution in [0.3, 0.4) is 0 Å². The van der Waals surface area contributed by atoms with Crippen molar-refractivity contribution < 1.29 is 13.9 Å². The summed E-state index contributed by atoms with van der Waals surface area (Å²) in [6.45, 7) is 5.35. The third-order valence-corrected chi connectivity index (χ3v) is 3.28. The molecule has 1 unspecified atom stereocenters. The number of ether oxygens (including phenoxy) is 2. The quantitative estimate of drug-likeness (QED) is 0.459. The van der Waals surface area contributed by atoms with Crippen molar-refractivity contribution in [3.63, 3.8) is 0 Å². The van der Waals surface area contributed by atoms with Gasteiger partial charge in [-0.25, -0.2) is 4.39 Å². The predicted octanol–water partition coefficient (Wildman–Crippen LogP) is 1.94. The minimum Gasteiger partial charge on any atom is -0.492 e. The Labute approximate surface area is 130 Å². The fourth-order valence-corrected chi connectivity index (χ4v) is 2.22. The van der Waals surface area contributed by atoms with Crippen LogP contribution in [0.1, 0.15) is 19.8 Å². The molecular weight excluding hydrogens is 285 g/mol. The molecule has 1 fully saturated rings. The highest BCUT2D eigenvalue weighted by Crippen LogP contribution is 2.12. The molecule has 1 aliphatic rings. The van der Waals surface area contributed by atoms with Gasteiger partial charge < -0.3 is 20.1 Å². The summed E-state index contributed by atoms with van der Waals surface area (Å²) in [5.41, 5.74) is 0. The lowest BCUT2D eigenvalue weighted by atomic mass is 10.2. The monoisotopic (exact) mass is 309 g/mol. The van der Waals surface area contributed by atoms with E-state index in [1.165, 1.54) is 12.1 Å². The van der Waals surface area contributed by atoms with E-state index in [4.69, 9.17) is 9.47 Å². The molecule has 0 saturated carbocycles. The smallest absolute Gasteiger partial charge is 0.191 e. The van der Waals surface area contributed by atoms with Gasteiger partial charge in [-0.15, -0.1) is 0 Å². The number of nitrogens with zero attached hydrogens (tertiary/aromatic N) is 1. The standard InChI is InChI=1S/C16H24FN3O2/c1-2-18-16(20-12-15-7-4-9-21-15)19-8-10-22-14-6-3-5-13(17)11-14/h3,5-6,11,15H,2,4,7-10,12H2,1H3,(H2,18,19,20). The van der Waals surface area contributed by atoms with Crippen molar-refractivity contribution >= 4 is 5.96 Å². The maximum absolute atomic E-state index is 13.0. The van der Waals surface area contributed by atoms with Crippen molar-refractivity contribution in [3.8, 4) is 5.75 Å². The van der Waals surface area contributed by atoms with E-state index in [-0.39, 0.29) is 11.9 Å². The number of aliphatic imine (C=N–C) groups is 1. The molecule has 1 aromatic carbocycles. The van der Waals surface area contributed by atoms with Crippen molar-refractivity contribution in [1.29, 1.82) is 0 Å². The molecule has 22 heavy (non-hydrogen) atoms. The Balaban J connectivity index is 1.70. The second-order valence-corrected chi connectivity index (χ2v) is 5.09. The molecule has 1 aromatic rings. The van der Waals surface area contributed by atoms with E-state index < -0.39 is 0 Å². The third kappa shape index (κ3) is 5.89. The number of nitrogens with one attached hydrogen (secondary N) is 2. The molecule has 1 atom stereocenters. The molecule has 0 amide bonds. The Hall–Kier alpha value is -1.82. The summed E-state index contributed by atoms with van der Waals surface area (Å²) in [5, 5.41) is 6.38. The van der Waals surface area contributed by atoms with E-state index in [0.717, 1.165) is 32.0 Å². The van der Waals surface area contributed by atoms with Gasteiger partial charge in [-0.3, -0.25) is 4.99 Å². The zero-order valence-corrected chi connectivity index (χ0v) is 13.0. The molecule has 1 saturated heterocycles. The summed E-state index contributed by atoms with van der Waals surface area (Å²) in [6, 6.07) is 6.13. The van der Waals surface area contributed by atoms with Crippen LogP contribution in [-0.4, -0.2) is 44.9 Å². The molecule has 6 heteroatoms. The molecule has 0 bridgehead atoms. The van der Waals surface area contributed by atoms with E-state index >= 15 is 0 Å². The highest BCUT2D eigenvalue weighted by atomic mass is 19.1. The molecule has 0 radical (unpaired) electrons. The van der Waals surface area contributed by atoms with Crippen LogP contribution in [-0.2, 0) is 4.74 Å². The Morgan fingerprint density at radius 3 is 3.09 bits per heavy atom. The van der Waals surface area contributed by atoms with E-state index in [0.29, 0.717) is 25.4 Å². The number of guanidine groups is 1. The van der Waals surface area contributed by atoms with Crippen LogP contribution < -0.4 is 15.4 Å². The summed E-state index contributed by atoms with van der Waals surface area (Å²) >= 11 is 0. The summed E-state index contributed by atoms with van der Waals surface area (Å²) in [5.74, 6) is 0.987. The van der Waals surface area contributed by atoms with Crippen molar-refractivity contribution in [3.05, 3.63) is 30.1 Å². The zero-order valence-electron chi connectivity index (χ0n) is 13.0. The first-order valence-electron chi connectivity index (χ1n) is 7.80. The first kappa shape index (κ1) is 16.5. The van der Waals surface area contributed by atoms with Crippen LogP contribution in [0.25, 0.3) is 0 Å². The van der Waals surface area contributed by atoms with Gasteiger partial charge >= 0.3 is 0 Å². The number of rotatable bonds is 7. The van der Waals surface area contributed by atoms with Gasteiger partial charge in [-0.05, 0) is 31.9 Å². The van der Waals surface area contributed by atoms with E-state index in [1.54, 1.807) is 12.1 Å². The van der Waals surface area contributed by atoms with Crippen LogP contribution in [0.5, 0.6) is 5.75 Å². The molecule has 0 aromatic heterocycles. The second kappa shape index (κ2) is 9.25. The molecule has 1 aliphatic heterocycles. The van der Waals surface area contributed by atoms with Crippen LogP contribution in [0.2, 0.25) is 0 Å². The first-order chi connectivity index (χ1) is 10.8. The van der Waals surface area contributed by atoms with Gasteiger partial charge in [-0.1, -0.05) is 6.07 Å². The highest BCUT2D eigenvalue weighted by molar-refractivity contribution is 5.79. The van der Waals surface area contributed by atoms with Crippen LogP contribution in [0, 0.1) is 5.82 Å². The van der Waals surface area contributed by atoms with E-state index in [2.05, 4.69) is 15.6 Å². The van der Waals surface area contributed by atoms with Gasteiger partial charge in [0.25, 0.3) is 0 Å². The average Bonchev–Trinajstić information content (AvgIpc) is 3.02. The minimum atomic E-state index is -0.295. The molecule has 0 spiro atoms. The average molecular weight is 309 g/mol. The largest absolute Gasteiger partial charge is 0.492 e. The Bertz CT molecular complexity index is 476. The molecule has 122 valence electrons. The lowest BCUT2D eigenvalue weighted by molar-refractivity contribution is 0.117. The fourth-order valence-electron chi connectivity index (χ4n) is 2.22. The molecule has 2 rings (SSSR count). The Kier molecular flexibility index (Phi) is 6.96. The molecule has 2 N–H and O–H groups in total. The zero-order chi connectivity index (χ0) is 15.6. The third-order valence-electron chi connectivity index (χ3n) is 3.28. The van der Waals surface area contributed by atoms with Crippen LogP contribution in [0.15, 0.2) is 29.3 Å². The van der Waals surface area contributed by atoms with Gasteiger partial charge in [-0.2, -0.15) is 0 Å². The van der Waals surface area contributed by atoms with Crippen LogP contribution in [0.4, 0.5) is 4.39 Å². The van der Waals surface area contributed by atoms with Crippen molar-refractivity contribution in [2.24, 2.45) is 4.99 Å². The van der Waals surface area contributed by atoms with Gasteiger partial charge in [0, 0.05) is 19.2 Å². The first-order valence-corrected chi connectivity index (χ1v) is 7.80. The van der Waals surface area contributed by atoms with Gasteiger partial charge in [0.05, 0.1) is 19.2 Å². The molecule has 1 heterocycles. The van der Waals surface area contributed by atoms with Gasteiger partial charge in [0.1, 0.15) is 18.2 Å². The van der Waals surface area contributed by atoms with Crippen molar-refractivity contribution in [1.82, 2.24) is 10.6 Å². The molecule has 5 nitrogen and oxygen atoms in total. The highest BCUT2D eigenvalue weighted by Gasteiger charge is 2.14. The number of hydrogen-bond acceptors (Lipinski definition) is 3. The number of halogens is 1. The summed E-state index contributed by atoms with van der Waals surface area (Å²) < 4.78 is 24.1. The fraction of sp³-hybridized carbons (Fsp3) is 0.562. The lowest BCUT2D eigenvalue weighted by Gasteiger charge is -2.13. The van der Waals surface area contributed by atoms with Gasteiger partial charge in [0.2, 0.25) is 0 Å². The normalized spacial score (nSPS) is 18.3. The van der Waals surface area contributed by atoms with E-state index in [9.17, 15) is 4.39 Å². The maximum atomic E-state index is 13.0. The minimum absolute atomic E-state index is 0.235. The SMILES string of the molecule is CCNC(=NCC1CCCO1)NCCOc1cccc(F)c1. The summed E-state index contributed by atoms with van der Waals surface area (Å²) in [4.78, 5) is 4.51. The second-order valence-electron chi connectivity index (χ2n) is 5.09. The van der Waals surface area contributed by atoms with Crippen LogP contribution >= 0.6 is 0 Å². The van der Waals surface area contributed by atoms with E-state index in [1.807, 2.05) is 6.92 Å². The number of hydrogen-bond donors (Lipinski definition) is 2. The molecule has 0 aliphatic carbocycles. The predicted molar refractivity (Wildman–Crippen MR) is 84.9 cm³/mol. The molecular formula is C16H24FN3O2. The van der Waals surface area contributed by atoms with Crippen molar-refractivity contribution in [2.75, 3.05) is 32.8 Å². The van der Waals surface area contributed by atoms with Gasteiger partial charge in [0.15, 0.2) is 5.96 Å². The summed E-state index contributed by atoms with van der Waals surface area (Å²) in [6.07, 6.45) is 2.43. The Morgan fingerprint density at radius 1 is 1.45 bits per heavy atom. The number of benzene rings is 1. The lowest BCUT2D eigenvalue weighted by Crippen LogP contribution is -2.39. The van der Waals surface area contributed by atoms with Crippen molar-refractivity contribution in [2.45, 2.75) is 25.9 Å². The Morgan fingerprint density at radius 2 is 2.36 bits per heavy atom.